The van der Waals surface area contributed by atoms with Crippen LogP contribution in [0.2, 0.25) is 0 Å². The molecule has 0 atom stereocenters. The second-order valence-electron chi connectivity index (χ2n) is 2.52. The molecule has 0 amide bonds. The topological polar surface area (TPSA) is 65.4 Å². The largest absolute Gasteiger partial charge is 0.304 e. The van der Waals surface area contributed by atoms with E-state index in [-0.39, 0.29) is 0 Å². The highest BCUT2D eigenvalue weighted by Crippen LogP contribution is 2.24. The molecule has 0 spiro atoms. The Morgan fingerprint density at radius 1 is 1.36 bits per heavy atom. The van der Waals surface area contributed by atoms with Crippen molar-refractivity contribution in [3.8, 4) is 17.8 Å². The maximum absolute atomic E-state index is 8.89. The van der Waals surface area contributed by atoms with Crippen LogP contribution in [0.4, 0.5) is 0 Å². The van der Waals surface area contributed by atoms with Crippen molar-refractivity contribution in [2.45, 2.75) is 0 Å². The standard InChI is InChI=1S/C9H4N4S/c10-3-7-8(5-14-9(7)4-11)13-2-1-12-6-13/h1-2,5-6H. The average Bonchev–Trinajstić information content (AvgIpc) is 2.85. The predicted molar refractivity (Wildman–Crippen MR) is 50.9 cm³/mol. The van der Waals surface area contributed by atoms with Gasteiger partial charge in [0.05, 0.1) is 12.0 Å². The Kier molecular flexibility index (Phi) is 2.02. The molecule has 0 aliphatic carbocycles. The van der Waals surface area contributed by atoms with E-state index < -0.39 is 0 Å². The molecular formula is C9H4N4S. The normalized spacial score (nSPS) is 9.29. The maximum atomic E-state index is 8.89. The lowest BCUT2D eigenvalue weighted by Gasteiger charge is -1.96. The van der Waals surface area contributed by atoms with E-state index in [0.29, 0.717) is 16.1 Å². The minimum atomic E-state index is 0.413. The van der Waals surface area contributed by atoms with Crippen molar-refractivity contribution in [2.24, 2.45) is 0 Å². The number of nitriles is 2. The third kappa shape index (κ3) is 1.17. The molecule has 2 aromatic heterocycles. The van der Waals surface area contributed by atoms with Crippen molar-refractivity contribution in [2.75, 3.05) is 0 Å². The Morgan fingerprint density at radius 2 is 2.21 bits per heavy atom. The zero-order chi connectivity index (χ0) is 9.97. The number of imidazole rings is 1. The summed E-state index contributed by atoms with van der Waals surface area (Å²) in [6.45, 7) is 0. The van der Waals surface area contributed by atoms with E-state index in [1.165, 1.54) is 11.3 Å². The summed E-state index contributed by atoms with van der Waals surface area (Å²) in [6, 6.07) is 4.01. The second kappa shape index (κ2) is 3.33. The molecule has 0 radical (unpaired) electrons. The summed E-state index contributed by atoms with van der Waals surface area (Å²) < 4.78 is 1.72. The van der Waals surface area contributed by atoms with Gasteiger partial charge in [0.2, 0.25) is 0 Å². The molecule has 66 valence electrons. The molecule has 2 heterocycles. The summed E-state index contributed by atoms with van der Waals surface area (Å²) in [4.78, 5) is 4.33. The molecule has 0 unspecified atom stereocenters. The van der Waals surface area contributed by atoms with Gasteiger partial charge in [0.1, 0.15) is 22.6 Å². The number of nitrogens with zero attached hydrogens (tertiary/aromatic N) is 4. The minimum absolute atomic E-state index is 0.413. The van der Waals surface area contributed by atoms with Crippen LogP contribution in [0.15, 0.2) is 24.1 Å². The molecule has 5 heteroatoms. The van der Waals surface area contributed by atoms with Gasteiger partial charge in [-0.1, -0.05) is 0 Å². The molecule has 0 aliphatic rings. The van der Waals surface area contributed by atoms with Gasteiger partial charge in [-0.15, -0.1) is 11.3 Å². The summed E-state index contributed by atoms with van der Waals surface area (Å²) >= 11 is 1.27. The van der Waals surface area contributed by atoms with Gasteiger partial charge in [-0.25, -0.2) is 4.98 Å². The van der Waals surface area contributed by atoms with Gasteiger partial charge in [-0.05, 0) is 0 Å². The fourth-order valence-corrected chi connectivity index (χ4v) is 1.92. The van der Waals surface area contributed by atoms with E-state index in [2.05, 4.69) is 4.98 Å². The van der Waals surface area contributed by atoms with Crippen LogP contribution in [-0.4, -0.2) is 9.55 Å². The Bertz CT molecular complexity index is 524. The number of hydrogen-bond donors (Lipinski definition) is 0. The Balaban J connectivity index is 2.63. The van der Waals surface area contributed by atoms with Crippen molar-refractivity contribution in [3.63, 3.8) is 0 Å². The first kappa shape index (κ1) is 8.49. The van der Waals surface area contributed by atoms with Gasteiger partial charge in [0.15, 0.2) is 0 Å². The van der Waals surface area contributed by atoms with Gasteiger partial charge >= 0.3 is 0 Å². The molecule has 4 nitrogen and oxygen atoms in total. The van der Waals surface area contributed by atoms with Gasteiger partial charge in [-0.3, -0.25) is 0 Å². The summed E-state index contributed by atoms with van der Waals surface area (Å²) in [5, 5.41) is 19.4. The lowest BCUT2D eigenvalue weighted by Crippen LogP contribution is -1.90. The monoisotopic (exact) mass is 200 g/mol. The van der Waals surface area contributed by atoms with Crippen LogP contribution in [0, 0.1) is 22.7 Å². The van der Waals surface area contributed by atoms with Crippen molar-refractivity contribution in [1.29, 1.82) is 10.5 Å². The number of hydrogen-bond acceptors (Lipinski definition) is 4. The average molecular weight is 200 g/mol. The summed E-state index contributed by atoms with van der Waals surface area (Å²) in [7, 11) is 0. The van der Waals surface area contributed by atoms with Crippen LogP contribution in [0.1, 0.15) is 10.4 Å². The van der Waals surface area contributed by atoms with Crippen LogP contribution >= 0.6 is 11.3 Å². The number of aromatic nitrogens is 2. The van der Waals surface area contributed by atoms with Crippen molar-refractivity contribution < 1.29 is 0 Å². The quantitative estimate of drug-likeness (QED) is 0.703. The van der Waals surface area contributed by atoms with Gasteiger partial charge in [0.25, 0.3) is 0 Å². The Labute approximate surface area is 84.3 Å². The molecule has 0 saturated carbocycles. The van der Waals surface area contributed by atoms with Crippen LogP contribution in [-0.2, 0) is 0 Å². The lowest BCUT2D eigenvalue weighted by atomic mass is 10.2. The first-order chi connectivity index (χ1) is 6.86. The van der Waals surface area contributed by atoms with E-state index in [9.17, 15) is 0 Å². The molecule has 0 N–H and O–H groups in total. The predicted octanol–water partition coefficient (Wildman–Crippen LogP) is 1.68. The SMILES string of the molecule is N#Cc1scc(-n2ccnc2)c1C#N. The summed E-state index contributed by atoms with van der Waals surface area (Å²) in [6.07, 6.45) is 4.97. The maximum Gasteiger partial charge on any atom is 0.124 e. The zero-order valence-corrected chi connectivity index (χ0v) is 7.82. The fourth-order valence-electron chi connectivity index (χ4n) is 1.13. The van der Waals surface area contributed by atoms with Crippen LogP contribution in [0.25, 0.3) is 5.69 Å². The minimum Gasteiger partial charge on any atom is -0.304 e. The van der Waals surface area contributed by atoms with Crippen LogP contribution in [0.5, 0.6) is 0 Å². The molecule has 14 heavy (non-hydrogen) atoms. The second-order valence-corrected chi connectivity index (χ2v) is 3.40. The summed E-state index contributed by atoms with van der Waals surface area (Å²) in [5.41, 5.74) is 1.13. The highest BCUT2D eigenvalue weighted by Gasteiger charge is 2.11. The molecule has 0 bridgehead atoms. The highest BCUT2D eigenvalue weighted by atomic mass is 32.1. The Hall–Kier alpha value is -2.11. The molecule has 0 saturated heterocycles. The molecule has 0 aromatic carbocycles. The van der Waals surface area contributed by atoms with Crippen molar-refractivity contribution in [1.82, 2.24) is 9.55 Å². The van der Waals surface area contributed by atoms with E-state index in [1.54, 1.807) is 28.7 Å². The van der Waals surface area contributed by atoms with E-state index in [0.717, 1.165) is 0 Å². The van der Waals surface area contributed by atoms with Gasteiger partial charge in [0, 0.05) is 17.8 Å². The Morgan fingerprint density at radius 3 is 2.79 bits per heavy atom. The summed E-state index contributed by atoms with van der Waals surface area (Å²) in [5.74, 6) is 0. The molecule has 2 aromatic rings. The molecule has 0 fully saturated rings. The zero-order valence-electron chi connectivity index (χ0n) is 7.01. The first-order valence-electron chi connectivity index (χ1n) is 3.77. The van der Waals surface area contributed by atoms with E-state index >= 15 is 0 Å². The van der Waals surface area contributed by atoms with Crippen LogP contribution < -0.4 is 0 Å². The third-order valence-electron chi connectivity index (χ3n) is 1.77. The third-order valence-corrected chi connectivity index (χ3v) is 2.64. The van der Waals surface area contributed by atoms with Gasteiger partial charge in [-0.2, -0.15) is 10.5 Å². The molecule has 0 aliphatic heterocycles. The van der Waals surface area contributed by atoms with Crippen molar-refractivity contribution >= 4 is 11.3 Å². The van der Waals surface area contributed by atoms with Crippen molar-refractivity contribution in [3.05, 3.63) is 34.5 Å². The lowest BCUT2D eigenvalue weighted by molar-refractivity contribution is 1.06. The van der Waals surface area contributed by atoms with Gasteiger partial charge < -0.3 is 4.57 Å². The van der Waals surface area contributed by atoms with E-state index in [1.807, 2.05) is 12.1 Å². The number of rotatable bonds is 1. The fraction of sp³-hybridized carbons (Fsp3) is 0. The highest BCUT2D eigenvalue weighted by molar-refractivity contribution is 7.11. The molecular weight excluding hydrogens is 196 g/mol. The first-order valence-corrected chi connectivity index (χ1v) is 4.65. The molecule has 2 rings (SSSR count). The van der Waals surface area contributed by atoms with E-state index in [4.69, 9.17) is 10.5 Å². The smallest absolute Gasteiger partial charge is 0.124 e. The number of thiophene rings is 1. The van der Waals surface area contributed by atoms with Crippen LogP contribution in [0.3, 0.4) is 0 Å².